The van der Waals surface area contributed by atoms with Crippen LogP contribution in [-0.4, -0.2) is 15.0 Å². The van der Waals surface area contributed by atoms with E-state index in [1.54, 1.807) is 6.07 Å². The van der Waals surface area contributed by atoms with Crippen LogP contribution in [0.1, 0.15) is 25.7 Å². The summed E-state index contributed by atoms with van der Waals surface area (Å²) >= 11 is 3.34. The fourth-order valence-corrected chi connectivity index (χ4v) is 4.95. The number of ether oxygens (including phenoxy) is 1. The van der Waals surface area contributed by atoms with E-state index < -0.39 is 9.05 Å². The van der Waals surface area contributed by atoms with Crippen LogP contribution in [0.15, 0.2) is 27.6 Å². The minimum absolute atomic E-state index is 0.0818. The van der Waals surface area contributed by atoms with Crippen LogP contribution in [0, 0.1) is 17.8 Å². The number of hydrogen-bond donors (Lipinski definition) is 0. The predicted octanol–water partition coefficient (Wildman–Crippen LogP) is 4.19. The highest BCUT2D eigenvalue weighted by atomic mass is 79.9. The molecule has 20 heavy (non-hydrogen) atoms. The average Bonchev–Trinajstić information content (AvgIpc) is 2.98. The van der Waals surface area contributed by atoms with E-state index in [9.17, 15) is 8.42 Å². The molecule has 2 bridgehead atoms. The Morgan fingerprint density at radius 3 is 2.65 bits per heavy atom. The Hall–Kier alpha value is -0.260. The van der Waals surface area contributed by atoms with Crippen LogP contribution in [0.3, 0.4) is 0 Å². The summed E-state index contributed by atoms with van der Waals surface area (Å²) in [5.74, 6) is 3.05. The highest BCUT2D eigenvalue weighted by Crippen LogP contribution is 2.48. The number of fused-ring (bicyclic) bond motifs is 2. The fraction of sp³-hybridized carbons (Fsp3) is 0.571. The molecular formula is C14H16BrClO3S. The van der Waals surface area contributed by atoms with Crippen LogP contribution >= 0.6 is 26.6 Å². The molecule has 0 saturated heterocycles. The second kappa shape index (κ2) is 5.50. The van der Waals surface area contributed by atoms with E-state index in [2.05, 4.69) is 15.9 Å². The topological polar surface area (TPSA) is 43.4 Å². The molecule has 0 heterocycles. The maximum atomic E-state index is 11.3. The highest BCUT2D eigenvalue weighted by Gasteiger charge is 2.39. The molecule has 0 aliphatic heterocycles. The van der Waals surface area contributed by atoms with Gasteiger partial charge in [0.2, 0.25) is 0 Å². The normalized spacial score (nSPS) is 28.8. The molecule has 6 heteroatoms. The van der Waals surface area contributed by atoms with Gasteiger partial charge < -0.3 is 4.74 Å². The summed E-state index contributed by atoms with van der Waals surface area (Å²) in [5, 5.41) is 0. The molecule has 3 atom stereocenters. The largest absolute Gasteiger partial charge is 0.492 e. The predicted molar refractivity (Wildman–Crippen MR) is 81.6 cm³/mol. The molecule has 2 saturated carbocycles. The smallest absolute Gasteiger partial charge is 0.261 e. The van der Waals surface area contributed by atoms with Gasteiger partial charge in [-0.3, -0.25) is 0 Å². The van der Waals surface area contributed by atoms with Crippen molar-refractivity contribution in [1.29, 1.82) is 0 Å². The summed E-state index contributed by atoms with van der Waals surface area (Å²) in [4.78, 5) is 0.0818. The van der Waals surface area contributed by atoms with E-state index in [4.69, 9.17) is 15.4 Å². The van der Waals surface area contributed by atoms with E-state index in [1.165, 1.54) is 37.8 Å². The lowest BCUT2D eigenvalue weighted by Crippen LogP contribution is -2.18. The molecule has 3 rings (SSSR count). The number of hydrogen-bond acceptors (Lipinski definition) is 3. The molecule has 0 radical (unpaired) electrons. The van der Waals surface area contributed by atoms with Crippen molar-refractivity contribution in [2.24, 2.45) is 17.8 Å². The van der Waals surface area contributed by atoms with E-state index in [0.717, 1.165) is 11.8 Å². The zero-order valence-corrected chi connectivity index (χ0v) is 14.0. The minimum Gasteiger partial charge on any atom is -0.492 e. The van der Waals surface area contributed by atoms with Crippen molar-refractivity contribution in [3.63, 3.8) is 0 Å². The van der Waals surface area contributed by atoms with Gasteiger partial charge in [0.05, 0.1) is 16.0 Å². The van der Waals surface area contributed by atoms with E-state index >= 15 is 0 Å². The monoisotopic (exact) mass is 378 g/mol. The molecule has 2 aliphatic carbocycles. The molecule has 1 aromatic rings. The van der Waals surface area contributed by atoms with Crippen molar-refractivity contribution in [2.75, 3.05) is 6.61 Å². The lowest BCUT2D eigenvalue weighted by atomic mass is 9.89. The van der Waals surface area contributed by atoms with Crippen LogP contribution in [0.25, 0.3) is 0 Å². The van der Waals surface area contributed by atoms with Gasteiger partial charge >= 0.3 is 0 Å². The number of rotatable bonds is 4. The van der Waals surface area contributed by atoms with Gasteiger partial charge in [0, 0.05) is 10.7 Å². The second-order valence-electron chi connectivity index (χ2n) is 5.78. The van der Waals surface area contributed by atoms with Crippen molar-refractivity contribution in [2.45, 2.75) is 30.6 Å². The maximum absolute atomic E-state index is 11.3. The van der Waals surface area contributed by atoms with Crippen molar-refractivity contribution in [3.05, 3.63) is 22.7 Å². The molecule has 2 fully saturated rings. The fourth-order valence-electron chi connectivity index (χ4n) is 3.53. The molecule has 1 aromatic carbocycles. The Balaban J connectivity index is 1.66. The van der Waals surface area contributed by atoms with Gasteiger partial charge in [-0.1, -0.05) is 6.42 Å². The second-order valence-corrected chi connectivity index (χ2v) is 9.20. The van der Waals surface area contributed by atoms with Crippen LogP contribution in [0.5, 0.6) is 5.75 Å². The molecule has 3 unspecified atom stereocenters. The molecule has 0 N–H and O–H groups in total. The van der Waals surface area contributed by atoms with Crippen LogP contribution in [0.2, 0.25) is 0 Å². The van der Waals surface area contributed by atoms with Crippen LogP contribution in [0.4, 0.5) is 0 Å². The third-order valence-electron chi connectivity index (χ3n) is 4.52. The standard InChI is InChI=1S/C14H16BrClO3S/c15-13-7-12(20(16,17)18)3-4-14(13)19-8-11-6-9-1-2-10(11)5-9/h3-4,7,9-11H,1-2,5-6,8H2. The molecule has 0 amide bonds. The van der Waals surface area contributed by atoms with Gasteiger partial charge in [-0.25, -0.2) is 8.42 Å². The molecule has 110 valence electrons. The minimum atomic E-state index is -3.69. The third-order valence-corrected chi connectivity index (χ3v) is 6.49. The maximum Gasteiger partial charge on any atom is 0.261 e. The summed E-state index contributed by atoms with van der Waals surface area (Å²) in [6, 6.07) is 4.62. The van der Waals surface area contributed by atoms with Crippen molar-refractivity contribution in [1.82, 2.24) is 0 Å². The number of benzene rings is 1. The van der Waals surface area contributed by atoms with E-state index in [0.29, 0.717) is 22.7 Å². The zero-order valence-electron chi connectivity index (χ0n) is 10.9. The summed E-state index contributed by atoms with van der Waals surface area (Å²) < 4.78 is 29.0. The van der Waals surface area contributed by atoms with Crippen molar-refractivity contribution >= 4 is 35.7 Å². The van der Waals surface area contributed by atoms with Gasteiger partial charge in [0.25, 0.3) is 9.05 Å². The van der Waals surface area contributed by atoms with Crippen molar-refractivity contribution < 1.29 is 13.2 Å². The SMILES string of the molecule is O=S(=O)(Cl)c1ccc(OCC2CC3CCC2C3)c(Br)c1. The van der Waals surface area contributed by atoms with Crippen LogP contribution < -0.4 is 4.74 Å². The van der Waals surface area contributed by atoms with Gasteiger partial charge in [0.15, 0.2) is 0 Å². The van der Waals surface area contributed by atoms with Crippen LogP contribution in [-0.2, 0) is 9.05 Å². The Morgan fingerprint density at radius 1 is 1.30 bits per heavy atom. The Labute approximate surface area is 132 Å². The first-order chi connectivity index (χ1) is 9.43. The van der Waals surface area contributed by atoms with Crippen molar-refractivity contribution in [3.8, 4) is 5.75 Å². The van der Waals surface area contributed by atoms with E-state index in [-0.39, 0.29) is 4.90 Å². The average molecular weight is 380 g/mol. The number of halogens is 2. The lowest BCUT2D eigenvalue weighted by Gasteiger charge is -2.22. The molecule has 0 aromatic heterocycles. The first kappa shape index (κ1) is 14.7. The lowest BCUT2D eigenvalue weighted by molar-refractivity contribution is 0.194. The molecular weight excluding hydrogens is 364 g/mol. The Morgan fingerprint density at radius 2 is 2.10 bits per heavy atom. The zero-order chi connectivity index (χ0) is 14.3. The third kappa shape index (κ3) is 3.00. The molecule has 3 nitrogen and oxygen atoms in total. The summed E-state index contributed by atoms with van der Waals surface area (Å²) in [6.45, 7) is 0.715. The summed E-state index contributed by atoms with van der Waals surface area (Å²) in [5.41, 5.74) is 0. The molecule has 0 spiro atoms. The first-order valence-corrected chi connectivity index (χ1v) is 9.90. The van der Waals surface area contributed by atoms with Gasteiger partial charge in [-0.05, 0) is 71.1 Å². The van der Waals surface area contributed by atoms with Gasteiger partial charge in [-0.2, -0.15) is 0 Å². The Kier molecular flexibility index (Phi) is 4.04. The summed E-state index contributed by atoms with van der Waals surface area (Å²) in [6.07, 6.45) is 5.35. The quantitative estimate of drug-likeness (QED) is 0.737. The summed E-state index contributed by atoms with van der Waals surface area (Å²) in [7, 11) is 1.62. The first-order valence-electron chi connectivity index (χ1n) is 6.80. The van der Waals surface area contributed by atoms with E-state index in [1.807, 2.05) is 0 Å². The Bertz CT molecular complexity index is 617. The highest BCUT2D eigenvalue weighted by molar-refractivity contribution is 9.10. The van der Waals surface area contributed by atoms with Gasteiger partial charge in [-0.15, -0.1) is 0 Å². The molecule has 2 aliphatic rings. The van der Waals surface area contributed by atoms with Gasteiger partial charge in [0.1, 0.15) is 5.75 Å².